The highest BCUT2D eigenvalue weighted by Gasteiger charge is 2.33. The number of nitrogens with one attached hydrogen (secondary N) is 1. The van der Waals surface area contributed by atoms with Crippen LogP contribution >= 0.6 is 0 Å². The smallest absolute Gasteiger partial charge is 0.242 e. The van der Waals surface area contributed by atoms with Crippen molar-refractivity contribution in [3.05, 3.63) is 0 Å². The maximum atomic E-state index is 12.0. The van der Waals surface area contributed by atoms with Crippen LogP contribution in [0.4, 0.5) is 0 Å². The molecule has 1 aliphatic rings. The van der Waals surface area contributed by atoms with Crippen molar-refractivity contribution < 1.29 is 9.59 Å². The maximum Gasteiger partial charge on any atom is 0.242 e. The van der Waals surface area contributed by atoms with Gasteiger partial charge >= 0.3 is 0 Å². The number of amides is 2. The first kappa shape index (κ1) is 13.0. The van der Waals surface area contributed by atoms with Crippen molar-refractivity contribution in [2.75, 3.05) is 13.6 Å². The van der Waals surface area contributed by atoms with E-state index >= 15 is 0 Å². The Morgan fingerprint density at radius 1 is 1.50 bits per heavy atom. The first-order valence-electron chi connectivity index (χ1n) is 5.89. The van der Waals surface area contributed by atoms with E-state index in [2.05, 4.69) is 5.32 Å². The van der Waals surface area contributed by atoms with Gasteiger partial charge in [0.25, 0.3) is 0 Å². The van der Waals surface area contributed by atoms with Crippen molar-refractivity contribution in [2.45, 2.75) is 44.7 Å². The SMILES string of the molecule is CCC(N)C(=O)N1CCCCC1C(=O)NC. The molecule has 2 unspecified atom stereocenters. The molecule has 1 heterocycles. The van der Waals surface area contributed by atoms with Crippen LogP contribution in [-0.4, -0.2) is 42.4 Å². The van der Waals surface area contributed by atoms with Crippen LogP contribution in [0.2, 0.25) is 0 Å². The number of hydrogen-bond acceptors (Lipinski definition) is 3. The topological polar surface area (TPSA) is 75.4 Å². The van der Waals surface area contributed by atoms with Gasteiger partial charge in [-0.3, -0.25) is 9.59 Å². The number of piperidine rings is 1. The third kappa shape index (κ3) is 2.72. The lowest BCUT2D eigenvalue weighted by molar-refractivity contribution is -0.143. The molecule has 0 saturated carbocycles. The molecule has 0 spiro atoms. The van der Waals surface area contributed by atoms with Gasteiger partial charge in [0.15, 0.2) is 0 Å². The summed E-state index contributed by atoms with van der Waals surface area (Å²) in [5.41, 5.74) is 5.73. The monoisotopic (exact) mass is 227 g/mol. The number of hydrogen-bond donors (Lipinski definition) is 2. The highest BCUT2D eigenvalue weighted by molar-refractivity contribution is 5.89. The van der Waals surface area contributed by atoms with Gasteiger partial charge in [-0.1, -0.05) is 6.92 Å². The summed E-state index contributed by atoms with van der Waals surface area (Å²) in [7, 11) is 1.60. The second-order valence-corrected chi connectivity index (χ2v) is 4.17. The number of likely N-dealkylation sites (tertiary alicyclic amines) is 1. The average molecular weight is 227 g/mol. The highest BCUT2D eigenvalue weighted by atomic mass is 16.2. The van der Waals surface area contributed by atoms with E-state index in [9.17, 15) is 9.59 Å². The van der Waals surface area contributed by atoms with E-state index in [0.717, 1.165) is 19.3 Å². The Balaban J connectivity index is 2.73. The summed E-state index contributed by atoms with van der Waals surface area (Å²) in [6.07, 6.45) is 3.29. The van der Waals surface area contributed by atoms with Gasteiger partial charge in [-0.2, -0.15) is 0 Å². The van der Waals surface area contributed by atoms with Crippen LogP contribution in [0.5, 0.6) is 0 Å². The Morgan fingerprint density at radius 2 is 2.19 bits per heavy atom. The van der Waals surface area contributed by atoms with Gasteiger partial charge in [0.05, 0.1) is 6.04 Å². The average Bonchev–Trinajstić information content (AvgIpc) is 2.35. The minimum absolute atomic E-state index is 0.0867. The van der Waals surface area contributed by atoms with Crippen molar-refractivity contribution in [3.63, 3.8) is 0 Å². The Hall–Kier alpha value is -1.10. The Bertz CT molecular complexity index is 268. The molecule has 2 amide bonds. The summed E-state index contributed by atoms with van der Waals surface area (Å²) in [5, 5.41) is 2.60. The third-order valence-corrected chi connectivity index (χ3v) is 3.09. The highest BCUT2D eigenvalue weighted by Crippen LogP contribution is 2.18. The molecule has 0 aromatic carbocycles. The lowest BCUT2D eigenvalue weighted by Crippen LogP contribution is -2.55. The number of nitrogens with two attached hydrogens (primary N) is 1. The molecule has 0 bridgehead atoms. The summed E-state index contributed by atoms with van der Waals surface area (Å²) >= 11 is 0. The van der Waals surface area contributed by atoms with E-state index in [0.29, 0.717) is 13.0 Å². The molecule has 1 saturated heterocycles. The minimum Gasteiger partial charge on any atom is -0.357 e. The predicted octanol–water partition coefficient (Wildman–Crippen LogP) is -0.149. The van der Waals surface area contributed by atoms with Gasteiger partial charge in [0, 0.05) is 13.6 Å². The molecule has 0 aromatic rings. The fourth-order valence-electron chi connectivity index (χ4n) is 2.02. The standard InChI is InChI=1S/C11H21N3O2/c1-3-8(12)11(16)14-7-5-4-6-9(14)10(15)13-2/h8-9H,3-7,12H2,1-2H3,(H,13,15). The quantitative estimate of drug-likeness (QED) is 0.704. The molecular formula is C11H21N3O2. The summed E-state index contributed by atoms with van der Waals surface area (Å²) < 4.78 is 0. The summed E-state index contributed by atoms with van der Waals surface area (Å²) in [6.45, 7) is 2.52. The lowest BCUT2D eigenvalue weighted by atomic mass is 10.00. The van der Waals surface area contributed by atoms with Crippen LogP contribution in [0.3, 0.4) is 0 Å². The van der Waals surface area contributed by atoms with Crippen LogP contribution in [0.1, 0.15) is 32.6 Å². The van der Waals surface area contributed by atoms with Crippen molar-refractivity contribution in [3.8, 4) is 0 Å². The first-order valence-corrected chi connectivity index (χ1v) is 5.89. The lowest BCUT2D eigenvalue weighted by Gasteiger charge is -2.35. The molecule has 2 atom stereocenters. The fourth-order valence-corrected chi connectivity index (χ4v) is 2.02. The van der Waals surface area contributed by atoms with Gasteiger partial charge in [-0.25, -0.2) is 0 Å². The third-order valence-electron chi connectivity index (χ3n) is 3.09. The summed E-state index contributed by atoms with van der Waals surface area (Å²) in [4.78, 5) is 25.3. The van der Waals surface area contributed by atoms with Crippen molar-refractivity contribution >= 4 is 11.8 Å². The molecule has 5 nitrogen and oxygen atoms in total. The van der Waals surface area contributed by atoms with Crippen LogP contribution in [-0.2, 0) is 9.59 Å². The van der Waals surface area contributed by atoms with Gasteiger partial charge in [0.1, 0.15) is 6.04 Å². The second-order valence-electron chi connectivity index (χ2n) is 4.17. The predicted molar refractivity (Wildman–Crippen MR) is 61.7 cm³/mol. The first-order chi connectivity index (χ1) is 7.61. The van der Waals surface area contributed by atoms with Gasteiger partial charge in [0.2, 0.25) is 11.8 Å². The molecule has 92 valence electrons. The van der Waals surface area contributed by atoms with E-state index in [4.69, 9.17) is 5.73 Å². The molecule has 1 rings (SSSR count). The number of rotatable bonds is 3. The Morgan fingerprint density at radius 3 is 2.75 bits per heavy atom. The van der Waals surface area contributed by atoms with E-state index in [1.807, 2.05) is 6.92 Å². The molecular weight excluding hydrogens is 206 g/mol. The zero-order valence-electron chi connectivity index (χ0n) is 10.0. The molecule has 16 heavy (non-hydrogen) atoms. The largest absolute Gasteiger partial charge is 0.357 e. The van der Waals surface area contributed by atoms with Gasteiger partial charge in [-0.15, -0.1) is 0 Å². The van der Waals surface area contributed by atoms with Crippen LogP contribution in [0.15, 0.2) is 0 Å². The molecule has 1 aliphatic heterocycles. The van der Waals surface area contributed by atoms with E-state index in [-0.39, 0.29) is 17.9 Å². The van der Waals surface area contributed by atoms with Crippen molar-refractivity contribution in [1.29, 1.82) is 0 Å². The van der Waals surface area contributed by atoms with Crippen molar-refractivity contribution in [1.82, 2.24) is 10.2 Å². The van der Waals surface area contributed by atoms with Gasteiger partial charge < -0.3 is 16.0 Å². The zero-order chi connectivity index (χ0) is 12.1. The number of carbonyl (C=O) groups excluding carboxylic acids is 2. The fraction of sp³-hybridized carbons (Fsp3) is 0.818. The Kier molecular flexibility index (Phi) is 4.73. The number of carbonyl (C=O) groups is 2. The van der Waals surface area contributed by atoms with Crippen LogP contribution < -0.4 is 11.1 Å². The minimum atomic E-state index is -0.481. The Labute approximate surface area is 96.4 Å². The van der Waals surface area contributed by atoms with Crippen LogP contribution in [0.25, 0.3) is 0 Å². The second kappa shape index (κ2) is 5.84. The molecule has 0 aliphatic carbocycles. The molecule has 0 aromatic heterocycles. The van der Waals surface area contributed by atoms with E-state index < -0.39 is 6.04 Å². The molecule has 5 heteroatoms. The normalized spacial score (nSPS) is 22.7. The van der Waals surface area contributed by atoms with Crippen LogP contribution in [0, 0.1) is 0 Å². The van der Waals surface area contributed by atoms with E-state index in [1.54, 1.807) is 11.9 Å². The van der Waals surface area contributed by atoms with Gasteiger partial charge in [-0.05, 0) is 25.7 Å². The molecule has 3 N–H and O–H groups in total. The number of likely N-dealkylation sites (N-methyl/N-ethyl adjacent to an activating group) is 1. The summed E-state index contributed by atoms with van der Waals surface area (Å²) in [6, 6.07) is -0.811. The van der Waals surface area contributed by atoms with E-state index in [1.165, 1.54) is 0 Å². The zero-order valence-corrected chi connectivity index (χ0v) is 10.0. The number of nitrogens with zero attached hydrogens (tertiary/aromatic N) is 1. The summed E-state index contributed by atoms with van der Waals surface area (Å²) in [5.74, 6) is -0.188. The molecule has 0 radical (unpaired) electrons. The maximum absolute atomic E-state index is 12.0. The van der Waals surface area contributed by atoms with Crippen molar-refractivity contribution in [2.24, 2.45) is 5.73 Å². The molecule has 1 fully saturated rings.